The summed E-state index contributed by atoms with van der Waals surface area (Å²) in [6.45, 7) is 2.60. The fourth-order valence-electron chi connectivity index (χ4n) is 6.53. The summed E-state index contributed by atoms with van der Waals surface area (Å²) in [6.07, 6.45) is 4.66. The molecule has 1 saturated heterocycles. The molecule has 204 valence electrons. The molecule has 0 spiro atoms. The Labute approximate surface area is 220 Å². The van der Waals surface area contributed by atoms with Crippen molar-refractivity contribution < 1.29 is 17.9 Å². The number of benzene rings is 1. The molecule has 1 saturated carbocycles. The highest BCUT2D eigenvalue weighted by molar-refractivity contribution is 5.36. The van der Waals surface area contributed by atoms with E-state index in [0.717, 1.165) is 75.2 Å². The van der Waals surface area contributed by atoms with Gasteiger partial charge in [0.25, 0.3) is 0 Å². The quantitative estimate of drug-likeness (QED) is 0.591. The summed E-state index contributed by atoms with van der Waals surface area (Å²) in [5, 5.41) is 10.3. The highest BCUT2D eigenvalue weighted by Crippen LogP contribution is 2.41. The number of piperidine rings is 1. The molecule has 2 fully saturated rings. The van der Waals surface area contributed by atoms with E-state index in [2.05, 4.69) is 21.8 Å². The molecule has 8 nitrogen and oxygen atoms in total. The SMILES string of the molecule is COC1=CC(N2CC3CC[C@@H](C2)[C@@H]3Nc2nc3n(n2)CCCC[C@H]3c2cccc(C(F)(F)F)c2)=CN(C)N1. The number of methoxy groups -OCH3 is 1. The molecule has 0 amide bonds. The average molecular weight is 530 g/mol. The molecule has 1 aromatic carbocycles. The van der Waals surface area contributed by atoms with Crippen LogP contribution in [-0.4, -0.2) is 58.0 Å². The van der Waals surface area contributed by atoms with E-state index in [4.69, 9.17) is 14.8 Å². The van der Waals surface area contributed by atoms with Crippen molar-refractivity contribution >= 4 is 5.95 Å². The standard InChI is InChI=1S/C27H34F3N7O/c1-35-16-21(13-23(33-35)38-2)36-14-18-9-10-19(15-36)24(18)31-26-32-25-22(8-3-4-11-37(25)34-26)17-6-5-7-20(12-17)27(28,29)30/h5-7,12-13,16,18-19,22,24,33H,3-4,8-11,14-15H2,1-2H3,(H,31,34)/t18-,19?,22-,24-/m0/s1. The van der Waals surface area contributed by atoms with Crippen LogP contribution >= 0.6 is 0 Å². The molecule has 1 aliphatic carbocycles. The zero-order valence-electron chi connectivity index (χ0n) is 21.7. The van der Waals surface area contributed by atoms with Gasteiger partial charge in [-0.25, -0.2) is 4.68 Å². The summed E-state index contributed by atoms with van der Waals surface area (Å²) in [7, 11) is 3.61. The summed E-state index contributed by atoms with van der Waals surface area (Å²) in [5.74, 6) is 2.78. The number of hydrazine groups is 1. The lowest BCUT2D eigenvalue weighted by Crippen LogP contribution is -2.48. The number of ether oxygens (including phenoxy) is 1. The summed E-state index contributed by atoms with van der Waals surface area (Å²) < 4.78 is 47.5. The highest BCUT2D eigenvalue weighted by Gasteiger charge is 2.43. The molecule has 0 radical (unpaired) electrons. The molecule has 1 unspecified atom stereocenters. The van der Waals surface area contributed by atoms with Crippen LogP contribution in [0.25, 0.3) is 0 Å². The maximum Gasteiger partial charge on any atom is 0.416 e. The number of nitrogens with one attached hydrogen (secondary N) is 2. The van der Waals surface area contributed by atoms with Crippen molar-refractivity contribution in [3.8, 4) is 0 Å². The predicted molar refractivity (Wildman–Crippen MR) is 136 cm³/mol. The van der Waals surface area contributed by atoms with Crippen LogP contribution in [0.3, 0.4) is 0 Å². The fraction of sp³-hybridized carbons (Fsp3) is 0.556. The van der Waals surface area contributed by atoms with E-state index >= 15 is 0 Å². The van der Waals surface area contributed by atoms with Crippen molar-refractivity contribution in [3.05, 3.63) is 65.1 Å². The summed E-state index contributed by atoms with van der Waals surface area (Å²) in [6, 6.07) is 5.95. The molecule has 2 N–H and O–H groups in total. The van der Waals surface area contributed by atoms with Crippen molar-refractivity contribution in [2.45, 2.75) is 56.8 Å². The van der Waals surface area contributed by atoms with Crippen LogP contribution in [-0.2, 0) is 17.5 Å². The molecule has 38 heavy (non-hydrogen) atoms. The van der Waals surface area contributed by atoms with Gasteiger partial charge in [-0.3, -0.25) is 10.4 Å². The molecule has 11 heteroatoms. The minimum Gasteiger partial charge on any atom is -0.481 e. The Morgan fingerprint density at radius 1 is 1.11 bits per heavy atom. The number of allylic oxidation sites excluding steroid dienone is 1. The Morgan fingerprint density at radius 3 is 2.63 bits per heavy atom. The second-order valence-corrected chi connectivity index (χ2v) is 10.9. The maximum absolute atomic E-state index is 13.4. The summed E-state index contributed by atoms with van der Waals surface area (Å²) in [5.41, 5.74) is 4.32. The zero-order chi connectivity index (χ0) is 26.4. The number of fused-ring (bicyclic) bond motifs is 3. The van der Waals surface area contributed by atoms with Gasteiger partial charge in [0, 0.05) is 50.9 Å². The van der Waals surface area contributed by atoms with E-state index in [1.165, 1.54) is 12.1 Å². The Hall–Kier alpha value is -3.37. The number of hydrogen-bond donors (Lipinski definition) is 2. The van der Waals surface area contributed by atoms with Gasteiger partial charge in [0.05, 0.1) is 18.4 Å². The van der Waals surface area contributed by atoms with Gasteiger partial charge >= 0.3 is 6.18 Å². The molecular weight excluding hydrogens is 495 g/mol. The second kappa shape index (κ2) is 9.74. The zero-order valence-corrected chi connectivity index (χ0v) is 21.7. The van der Waals surface area contributed by atoms with Crippen molar-refractivity contribution in [2.24, 2.45) is 11.8 Å². The molecule has 4 atom stereocenters. The first-order valence-electron chi connectivity index (χ1n) is 13.4. The number of halogens is 3. The second-order valence-electron chi connectivity index (χ2n) is 10.9. The van der Waals surface area contributed by atoms with Gasteiger partial charge < -0.3 is 15.0 Å². The number of aryl methyl sites for hydroxylation is 1. The van der Waals surface area contributed by atoms with Crippen LogP contribution in [0.15, 0.2) is 48.1 Å². The number of likely N-dealkylation sites (tertiary alicyclic amines) is 1. The van der Waals surface area contributed by atoms with Crippen molar-refractivity contribution in [1.82, 2.24) is 30.1 Å². The lowest BCUT2D eigenvalue weighted by molar-refractivity contribution is -0.137. The van der Waals surface area contributed by atoms with Gasteiger partial charge in [-0.2, -0.15) is 18.2 Å². The Balaban J connectivity index is 1.20. The van der Waals surface area contributed by atoms with Gasteiger partial charge in [-0.1, -0.05) is 24.6 Å². The number of nitrogens with zero attached hydrogens (tertiary/aromatic N) is 5. The van der Waals surface area contributed by atoms with Crippen LogP contribution in [0.1, 0.15) is 55.0 Å². The Morgan fingerprint density at radius 2 is 1.89 bits per heavy atom. The van der Waals surface area contributed by atoms with E-state index < -0.39 is 11.7 Å². The highest BCUT2D eigenvalue weighted by atomic mass is 19.4. The van der Waals surface area contributed by atoms with Gasteiger partial charge in [-0.15, -0.1) is 5.10 Å². The number of aromatic nitrogens is 3. The van der Waals surface area contributed by atoms with Crippen molar-refractivity contribution in [1.29, 1.82) is 0 Å². The summed E-state index contributed by atoms with van der Waals surface area (Å²) >= 11 is 0. The third-order valence-corrected chi connectivity index (χ3v) is 8.35. The monoisotopic (exact) mass is 529 g/mol. The van der Waals surface area contributed by atoms with Crippen LogP contribution < -0.4 is 10.7 Å². The van der Waals surface area contributed by atoms with Crippen LogP contribution in [0, 0.1) is 11.8 Å². The fourth-order valence-corrected chi connectivity index (χ4v) is 6.53. The lowest BCUT2D eigenvalue weighted by Gasteiger charge is -2.41. The molecule has 4 heterocycles. The normalized spacial score (nSPS) is 27.2. The van der Waals surface area contributed by atoms with E-state index in [9.17, 15) is 13.2 Å². The lowest BCUT2D eigenvalue weighted by atomic mass is 9.91. The van der Waals surface area contributed by atoms with E-state index in [-0.39, 0.29) is 12.0 Å². The molecule has 2 bridgehead atoms. The molecule has 2 aromatic rings. The maximum atomic E-state index is 13.4. The molecule has 3 aliphatic heterocycles. The molecule has 6 rings (SSSR count). The van der Waals surface area contributed by atoms with Crippen LogP contribution in [0.2, 0.25) is 0 Å². The molecule has 1 aromatic heterocycles. The Kier molecular flexibility index (Phi) is 6.39. The molecule has 4 aliphatic rings. The van der Waals surface area contributed by atoms with E-state index in [1.807, 2.05) is 22.8 Å². The number of anilines is 1. The smallest absolute Gasteiger partial charge is 0.416 e. The number of hydrogen-bond acceptors (Lipinski definition) is 7. The first kappa shape index (κ1) is 24.9. The first-order valence-corrected chi connectivity index (χ1v) is 13.4. The third-order valence-electron chi connectivity index (χ3n) is 8.35. The predicted octanol–water partition coefficient (Wildman–Crippen LogP) is 4.51. The summed E-state index contributed by atoms with van der Waals surface area (Å²) in [4.78, 5) is 7.31. The van der Waals surface area contributed by atoms with Crippen LogP contribution in [0.5, 0.6) is 0 Å². The van der Waals surface area contributed by atoms with Gasteiger partial charge in [-0.05, 0) is 49.1 Å². The Bertz CT molecular complexity index is 1230. The third kappa shape index (κ3) is 4.78. The van der Waals surface area contributed by atoms with Crippen molar-refractivity contribution in [3.63, 3.8) is 0 Å². The van der Waals surface area contributed by atoms with Crippen LogP contribution in [0.4, 0.5) is 19.1 Å². The number of alkyl halides is 3. The molecular formula is C27H34F3N7O. The van der Waals surface area contributed by atoms with E-state index in [1.54, 1.807) is 13.2 Å². The van der Waals surface area contributed by atoms with Crippen molar-refractivity contribution in [2.75, 3.05) is 32.6 Å². The van der Waals surface area contributed by atoms with Gasteiger partial charge in [0.1, 0.15) is 5.82 Å². The topological polar surface area (TPSA) is 70.5 Å². The largest absolute Gasteiger partial charge is 0.481 e. The minimum atomic E-state index is -4.37. The minimum absolute atomic E-state index is 0.202. The van der Waals surface area contributed by atoms with Gasteiger partial charge in [0.15, 0.2) is 0 Å². The first-order chi connectivity index (χ1) is 18.3. The van der Waals surface area contributed by atoms with E-state index in [0.29, 0.717) is 23.3 Å². The average Bonchev–Trinajstić information content (AvgIpc) is 3.29. The number of rotatable bonds is 5. The van der Waals surface area contributed by atoms with Gasteiger partial charge in [0.2, 0.25) is 11.8 Å².